The molecular formula is C17H17BrN5O2+. The highest BCUT2D eigenvalue weighted by Crippen LogP contribution is 2.32. The number of aliphatic imine (C=N–C) groups is 1. The Bertz CT molecular complexity index is 960. The third-order valence-electron chi connectivity index (χ3n) is 4.92. The van der Waals surface area contributed by atoms with Crippen molar-refractivity contribution >= 4 is 39.7 Å². The van der Waals surface area contributed by atoms with E-state index in [9.17, 15) is 9.59 Å². The minimum atomic E-state index is -0.599. The molecule has 1 atom stereocenters. The highest BCUT2D eigenvalue weighted by atomic mass is 79.9. The third-order valence-corrected chi connectivity index (χ3v) is 5.45. The number of nitrogens with zero attached hydrogens (tertiary/aromatic N) is 5. The quantitative estimate of drug-likeness (QED) is 0.686. The normalized spacial score (nSPS) is 19.2. The van der Waals surface area contributed by atoms with Gasteiger partial charge in [-0.15, -0.1) is 0 Å². The number of likely N-dealkylation sites (N-methyl/N-ethyl adjacent to an activating group) is 2. The molecule has 2 aliphatic rings. The van der Waals surface area contributed by atoms with Gasteiger partial charge in [0.2, 0.25) is 11.9 Å². The van der Waals surface area contributed by atoms with Crippen molar-refractivity contribution in [2.75, 3.05) is 14.1 Å². The van der Waals surface area contributed by atoms with Gasteiger partial charge in [-0.05, 0) is 38.1 Å². The first-order chi connectivity index (χ1) is 11.8. The number of benzene rings is 1. The van der Waals surface area contributed by atoms with Crippen molar-refractivity contribution in [1.29, 1.82) is 0 Å². The lowest BCUT2D eigenvalue weighted by Gasteiger charge is -2.30. The first-order valence-corrected chi connectivity index (χ1v) is 8.65. The first kappa shape index (κ1) is 16.0. The van der Waals surface area contributed by atoms with E-state index in [-0.39, 0.29) is 11.9 Å². The number of halogens is 1. The van der Waals surface area contributed by atoms with Crippen molar-refractivity contribution in [3.05, 3.63) is 40.1 Å². The van der Waals surface area contributed by atoms with Crippen LogP contribution in [0, 0.1) is 13.8 Å². The summed E-state index contributed by atoms with van der Waals surface area (Å²) in [5.41, 5.74) is 2.91. The summed E-state index contributed by atoms with van der Waals surface area (Å²) < 4.78 is 4.91. The molecule has 0 bridgehead atoms. The van der Waals surface area contributed by atoms with Crippen LogP contribution in [0.15, 0.2) is 33.7 Å². The van der Waals surface area contributed by atoms with Crippen molar-refractivity contribution in [3.63, 3.8) is 0 Å². The SMILES string of the molecule is Cc1c(C)[n+]2c(n1-c1ccc(Br)cc1)N=C1C2C(=O)N(C)C(=O)N1C. The van der Waals surface area contributed by atoms with Crippen molar-refractivity contribution in [2.24, 2.45) is 4.99 Å². The van der Waals surface area contributed by atoms with Gasteiger partial charge in [-0.3, -0.25) is 14.6 Å². The standard InChI is InChI=1S/C17H17BrN5O2/c1-9-10(2)23-13-14(20(3)17(25)21(4)15(13)24)19-16(23)22(9)12-7-5-11(18)6-8-12/h5-8,13H,1-4H3/q+1. The Morgan fingerprint density at radius 1 is 1.08 bits per heavy atom. The number of amides is 3. The smallest absolute Gasteiger partial charge is 0.270 e. The van der Waals surface area contributed by atoms with Crippen molar-refractivity contribution < 1.29 is 14.2 Å². The second-order valence-corrected chi connectivity index (χ2v) is 7.18. The number of rotatable bonds is 1. The average molecular weight is 403 g/mol. The number of fused-ring (bicyclic) bond motifs is 3. The zero-order valence-electron chi connectivity index (χ0n) is 14.3. The molecule has 0 radical (unpaired) electrons. The van der Waals surface area contributed by atoms with Crippen molar-refractivity contribution in [1.82, 2.24) is 14.4 Å². The fraction of sp³-hybridized carbons (Fsp3) is 0.294. The van der Waals surface area contributed by atoms with E-state index >= 15 is 0 Å². The molecule has 0 aliphatic carbocycles. The topological polar surface area (TPSA) is 61.8 Å². The van der Waals surface area contributed by atoms with E-state index in [1.165, 1.54) is 11.9 Å². The maximum Gasteiger partial charge on any atom is 0.407 e. The number of aromatic nitrogens is 2. The van der Waals surface area contributed by atoms with Gasteiger partial charge in [0.15, 0.2) is 0 Å². The first-order valence-electron chi connectivity index (χ1n) is 7.86. The van der Waals surface area contributed by atoms with E-state index in [0.717, 1.165) is 26.4 Å². The second kappa shape index (κ2) is 5.26. The summed E-state index contributed by atoms with van der Waals surface area (Å²) >= 11 is 3.45. The van der Waals surface area contributed by atoms with Crippen LogP contribution in [0.5, 0.6) is 0 Å². The maximum absolute atomic E-state index is 12.7. The van der Waals surface area contributed by atoms with Crippen LogP contribution in [0.1, 0.15) is 17.4 Å². The summed E-state index contributed by atoms with van der Waals surface area (Å²) in [6.07, 6.45) is 0. The number of carbonyl (C=O) groups excluding carboxylic acids is 2. The van der Waals surface area contributed by atoms with Crippen molar-refractivity contribution in [3.8, 4) is 5.69 Å². The molecule has 1 aromatic heterocycles. The average Bonchev–Trinajstić information content (AvgIpc) is 3.09. The molecule has 128 valence electrons. The number of hydrogen-bond donors (Lipinski definition) is 0. The number of urea groups is 1. The van der Waals surface area contributed by atoms with E-state index in [2.05, 4.69) is 20.9 Å². The molecule has 8 heteroatoms. The van der Waals surface area contributed by atoms with Crippen LogP contribution in [0.4, 0.5) is 10.7 Å². The highest BCUT2D eigenvalue weighted by molar-refractivity contribution is 9.10. The third kappa shape index (κ3) is 2.03. The summed E-state index contributed by atoms with van der Waals surface area (Å²) in [5.74, 6) is 0.861. The predicted octanol–water partition coefficient (Wildman–Crippen LogP) is 2.25. The second-order valence-electron chi connectivity index (χ2n) is 6.26. The van der Waals surface area contributed by atoms with E-state index in [0.29, 0.717) is 11.8 Å². The minimum Gasteiger partial charge on any atom is -0.270 e. The van der Waals surface area contributed by atoms with Gasteiger partial charge in [-0.1, -0.05) is 20.9 Å². The largest absolute Gasteiger partial charge is 0.407 e. The van der Waals surface area contributed by atoms with Gasteiger partial charge in [-0.25, -0.2) is 9.36 Å². The lowest BCUT2D eigenvalue weighted by atomic mass is 10.1. The van der Waals surface area contributed by atoms with Crippen LogP contribution in [-0.2, 0) is 4.79 Å². The molecule has 7 nitrogen and oxygen atoms in total. The molecule has 2 aromatic rings. The van der Waals surface area contributed by atoms with Gasteiger partial charge in [0.05, 0.1) is 0 Å². The van der Waals surface area contributed by atoms with Crippen LogP contribution in [0.2, 0.25) is 0 Å². The van der Waals surface area contributed by atoms with Gasteiger partial charge >= 0.3 is 12.0 Å². The predicted molar refractivity (Wildman–Crippen MR) is 95.2 cm³/mol. The zero-order chi connectivity index (χ0) is 18.0. The Morgan fingerprint density at radius 2 is 1.72 bits per heavy atom. The van der Waals surface area contributed by atoms with E-state index in [1.807, 2.05) is 47.2 Å². The maximum atomic E-state index is 12.7. The van der Waals surface area contributed by atoms with Crippen LogP contribution in [0.25, 0.3) is 5.69 Å². The summed E-state index contributed by atoms with van der Waals surface area (Å²) in [7, 11) is 3.15. The zero-order valence-corrected chi connectivity index (χ0v) is 15.9. The van der Waals surface area contributed by atoms with Gasteiger partial charge in [0, 0.05) is 18.6 Å². The molecule has 25 heavy (non-hydrogen) atoms. The summed E-state index contributed by atoms with van der Waals surface area (Å²) in [6.45, 7) is 3.97. The lowest BCUT2D eigenvalue weighted by molar-refractivity contribution is -0.682. The monoisotopic (exact) mass is 402 g/mol. The van der Waals surface area contributed by atoms with Crippen LogP contribution < -0.4 is 4.57 Å². The lowest BCUT2D eigenvalue weighted by Crippen LogP contribution is -2.62. The number of imide groups is 1. The molecule has 0 N–H and O–H groups in total. The Balaban J connectivity index is 1.96. The van der Waals surface area contributed by atoms with Gasteiger partial charge in [-0.2, -0.15) is 4.57 Å². The number of carbonyl (C=O) groups is 2. The molecule has 0 spiro atoms. The fourth-order valence-electron chi connectivity index (χ4n) is 3.42. The van der Waals surface area contributed by atoms with Crippen LogP contribution >= 0.6 is 15.9 Å². The minimum absolute atomic E-state index is 0.262. The van der Waals surface area contributed by atoms with Crippen LogP contribution in [-0.4, -0.2) is 46.2 Å². The van der Waals surface area contributed by atoms with Gasteiger partial charge in [0.25, 0.3) is 5.91 Å². The van der Waals surface area contributed by atoms with E-state index < -0.39 is 6.04 Å². The molecule has 1 aromatic carbocycles. The Labute approximate surface area is 153 Å². The molecule has 3 amide bonds. The Morgan fingerprint density at radius 3 is 2.36 bits per heavy atom. The highest BCUT2D eigenvalue weighted by Gasteiger charge is 2.53. The fourth-order valence-corrected chi connectivity index (χ4v) is 3.68. The molecule has 1 unspecified atom stereocenters. The van der Waals surface area contributed by atoms with Crippen LogP contribution in [0.3, 0.4) is 0 Å². The Kier molecular flexibility index (Phi) is 3.37. The summed E-state index contributed by atoms with van der Waals surface area (Å²) in [5, 5.41) is 0. The van der Waals surface area contributed by atoms with E-state index in [4.69, 9.17) is 0 Å². The van der Waals surface area contributed by atoms with Gasteiger partial charge < -0.3 is 0 Å². The Hall–Kier alpha value is -2.48. The summed E-state index contributed by atoms with van der Waals surface area (Å²) in [6, 6.07) is 6.94. The van der Waals surface area contributed by atoms with E-state index in [1.54, 1.807) is 7.05 Å². The number of imidazole rings is 1. The molecule has 1 fully saturated rings. The van der Waals surface area contributed by atoms with Crippen molar-refractivity contribution in [2.45, 2.75) is 19.9 Å². The molecule has 3 heterocycles. The number of amidine groups is 1. The number of hydrogen-bond acceptors (Lipinski definition) is 3. The molecule has 4 rings (SSSR count). The molecular weight excluding hydrogens is 386 g/mol. The molecule has 2 aliphatic heterocycles. The molecule has 0 saturated carbocycles. The van der Waals surface area contributed by atoms with Gasteiger partial charge in [0.1, 0.15) is 17.1 Å². The summed E-state index contributed by atoms with van der Waals surface area (Å²) in [4.78, 5) is 32.2. The molecule has 1 saturated heterocycles.